The van der Waals surface area contributed by atoms with Gasteiger partial charge in [0.2, 0.25) is 0 Å². The maximum absolute atomic E-state index is 12.5. The van der Waals surface area contributed by atoms with Gasteiger partial charge in [-0.05, 0) is 48.1 Å². The molecule has 1 fully saturated rings. The molecule has 2 aliphatic heterocycles. The maximum Gasteiger partial charge on any atom is 0.276 e. The molecule has 6 nitrogen and oxygen atoms in total. The van der Waals surface area contributed by atoms with Crippen molar-refractivity contribution in [3.63, 3.8) is 0 Å². The molecule has 4 rings (SSSR count). The number of hydrogen-bond acceptors (Lipinski definition) is 5. The molecule has 1 N–H and O–H groups in total. The highest BCUT2D eigenvalue weighted by molar-refractivity contribution is 7.80. The predicted octanol–water partition coefficient (Wildman–Crippen LogP) is 2.31. The van der Waals surface area contributed by atoms with E-state index in [-0.39, 0.29) is 5.91 Å². The number of carbonyl (C=O) groups is 1. The highest BCUT2D eigenvalue weighted by Gasteiger charge is 2.31. The summed E-state index contributed by atoms with van der Waals surface area (Å²) in [5.41, 5.74) is 1.25. The van der Waals surface area contributed by atoms with Gasteiger partial charge in [-0.3, -0.25) is 9.69 Å². The number of benzene rings is 1. The standard InChI is InChI=1S/C17H14N2O4S/c20-16-13(18-17(24)19(16)10-12-2-1-5-21-12)8-11-3-4-14-15(9-11)23-7-6-22-14/h1-5,8-9H,6-7,10H2,(H,18,24)/b13-8-. The summed E-state index contributed by atoms with van der Waals surface area (Å²) < 4.78 is 16.3. The molecule has 2 aliphatic rings. The average molecular weight is 342 g/mol. The van der Waals surface area contributed by atoms with Crippen LogP contribution >= 0.6 is 12.2 Å². The molecule has 2 aromatic rings. The molecule has 24 heavy (non-hydrogen) atoms. The van der Waals surface area contributed by atoms with Gasteiger partial charge in [-0.25, -0.2) is 0 Å². The van der Waals surface area contributed by atoms with Gasteiger partial charge in [0.1, 0.15) is 24.7 Å². The fourth-order valence-corrected chi connectivity index (χ4v) is 2.85. The van der Waals surface area contributed by atoms with Gasteiger partial charge >= 0.3 is 0 Å². The van der Waals surface area contributed by atoms with Crippen molar-refractivity contribution < 1.29 is 18.7 Å². The van der Waals surface area contributed by atoms with Gasteiger partial charge in [0, 0.05) is 0 Å². The Morgan fingerprint density at radius 3 is 2.83 bits per heavy atom. The number of hydrogen-bond donors (Lipinski definition) is 1. The van der Waals surface area contributed by atoms with Crippen LogP contribution in [0.5, 0.6) is 11.5 Å². The van der Waals surface area contributed by atoms with Crippen LogP contribution in [0.3, 0.4) is 0 Å². The van der Waals surface area contributed by atoms with Gasteiger partial charge in [0.25, 0.3) is 5.91 Å². The van der Waals surface area contributed by atoms with Crippen LogP contribution in [0.15, 0.2) is 46.7 Å². The second-order valence-electron chi connectivity index (χ2n) is 5.36. The first-order valence-corrected chi connectivity index (χ1v) is 7.88. The summed E-state index contributed by atoms with van der Waals surface area (Å²) in [6.45, 7) is 1.37. The Bertz CT molecular complexity index is 829. The number of ether oxygens (including phenoxy) is 2. The first-order valence-electron chi connectivity index (χ1n) is 7.47. The Hall–Kier alpha value is -2.80. The molecule has 7 heteroatoms. The van der Waals surface area contributed by atoms with Crippen molar-refractivity contribution in [1.29, 1.82) is 0 Å². The lowest BCUT2D eigenvalue weighted by Crippen LogP contribution is -2.29. The lowest BCUT2D eigenvalue weighted by atomic mass is 10.1. The summed E-state index contributed by atoms with van der Waals surface area (Å²) in [7, 11) is 0. The molecular weight excluding hydrogens is 328 g/mol. The third-order valence-electron chi connectivity index (χ3n) is 3.73. The van der Waals surface area contributed by atoms with Gasteiger partial charge in [-0.15, -0.1) is 0 Å². The fourth-order valence-electron chi connectivity index (χ4n) is 2.59. The Kier molecular flexibility index (Phi) is 3.70. The zero-order valence-corrected chi connectivity index (χ0v) is 13.5. The second kappa shape index (κ2) is 6.01. The molecule has 0 atom stereocenters. The lowest BCUT2D eigenvalue weighted by Gasteiger charge is -2.18. The molecule has 0 radical (unpaired) electrons. The summed E-state index contributed by atoms with van der Waals surface area (Å²) in [4.78, 5) is 14.0. The van der Waals surface area contributed by atoms with E-state index in [1.54, 1.807) is 24.5 Å². The minimum Gasteiger partial charge on any atom is -0.486 e. The number of rotatable bonds is 3. The maximum atomic E-state index is 12.5. The van der Waals surface area contributed by atoms with Crippen molar-refractivity contribution in [2.45, 2.75) is 6.54 Å². The van der Waals surface area contributed by atoms with Crippen LogP contribution < -0.4 is 14.8 Å². The summed E-state index contributed by atoms with van der Waals surface area (Å²) in [5.74, 6) is 1.87. The Labute approximate surface area is 143 Å². The summed E-state index contributed by atoms with van der Waals surface area (Å²) in [6.07, 6.45) is 3.31. The van der Waals surface area contributed by atoms with Gasteiger partial charge in [-0.2, -0.15) is 0 Å². The first kappa shape index (κ1) is 14.8. The second-order valence-corrected chi connectivity index (χ2v) is 5.75. The third kappa shape index (κ3) is 2.74. The van der Waals surface area contributed by atoms with E-state index in [9.17, 15) is 4.79 Å². The molecule has 0 aliphatic carbocycles. The molecule has 1 saturated heterocycles. The predicted molar refractivity (Wildman–Crippen MR) is 90.4 cm³/mol. The van der Waals surface area contributed by atoms with E-state index in [2.05, 4.69) is 5.32 Å². The van der Waals surface area contributed by atoms with Crippen LogP contribution in [0.1, 0.15) is 11.3 Å². The minimum absolute atomic E-state index is 0.189. The van der Waals surface area contributed by atoms with Crippen LogP contribution in [-0.4, -0.2) is 29.1 Å². The Balaban J connectivity index is 1.57. The molecular formula is C17H14N2O4S. The van der Waals surface area contributed by atoms with E-state index >= 15 is 0 Å². The first-order chi connectivity index (χ1) is 11.7. The van der Waals surface area contributed by atoms with Gasteiger partial charge < -0.3 is 19.2 Å². The highest BCUT2D eigenvalue weighted by Crippen LogP contribution is 2.31. The van der Waals surface area contributed by atoms with Crippen molar-refractivity contribution in [3.05, 3.63) is 53.6 Å². The Morgan fingerprint density at radius 2 is 2.04 bits per heavy atom. The molecule has 1 amide bonds. The fraction of sp³-hybridized carbons (Fsp3) is 0.176. The van der Waals surface area contributed by atoms with Gasteiger partial charge in [0.15, 0.2) is 16.6 Å². The average Bonchev–Trinajstić information content (AvgIpc) is 3.19. The minimum atomic E-state index is -0.189. The molecule has 0 spiro atoms. The normalized spacial score (nSPS) is 18.2. The lowest BCUT2D eigenvalue weighted by molar-refractivity contribution is -0.122. The van der Waals surface area contributed by atoms with Crippen molar-refractivity contribution in [2.75, 3.05) is 13.2 Å². The molecule has 0 bridgehead atoms. The molecule has 1 aromatic heterocycles. The topological polar surface area (TPSA) is 63.9 Å². The number of thiocarbonyl (C=S) groups is 1. The van der Waals surface area contributed by atoms with Crippen LogP contribution in [0.25, 0.3) is 6.08 Å². The summed E-state index contributed by atoms with van der Waals surface area (Å²) in [6, 6.07) is 9.12. The van der Waals surface area contributed by atoms with Crippen molar-refractivity contribution >= 4 is 29.3 Å². The van der Waals surface area contributed by atoms with E-state index in [0.717, 1.165) is 5.56 Å². The monoisotopic (exact) mass is 342 g/mol. The summed E-state index contributed by atoms with van der Waals surface area (Å²) in [5, 5.41) is 3.31. The Morgan fingerprint density at radius 1 is 1.21 bits per heavy atom. The molecule has 0 unspecified atom stereocenters. The van der Waals surface area contributed by atoms with E-state index in [0.29, 0.717) is 47.8 Å². The van der Waals surface area contributed by atoms with E-state index in [1.165, 1.54) is 4.90 Å². The zero-order chi connectivity index (χ0) is 16.5. The third-order valence-corrected chi connectivity index (χ3v) is 4.06. The van der Waals surface area contributed by atoms with Gasteiger partial charge in [-0.1, -0.05) is 6.07 Å². The number of nitrogens with zero attached hydrogens (tertiary/aromatic N) is 1. The van der Waals surface area contributed by atoms with Crippen LogP contribution in [-0.2, 0) is 11.3 Å². The number of nitrogens with one attached hydrogen (secondary N) is 1. The van der Waals surface area contributed by atoms with E-state index < -0.39 is 0 Å². The molecule has 0 saturated carbocycles. The SMILES string of the molecule is O=C1/C(=C/c2ccc3c(c2)OCCO3)NC(=S)N1Cc1ccco1. The molecule has 3 heterocycles. The summed E-state index contributed by atoms with van der Waals surface area (Å²) >= 11 is 5.25. The van der Waals surface area contributed by atoms with Crippen LogP contribution in [0.4, 0.5) is 0 Å². The molecule has 122 valence electrons. The van der Waals surface area contributed by atoms with Crippen molar-refractivity contribution in [3.8, 4) is 11.5 Å². The largest absolute Gasteiger partial charge is 0.486 e. The van der Waals surface area contributed by atoms with Crippen molar-refractivity contribution in [1.82, 2.24) is 10.2 Å². The number of carbonyl (C=O) groups excluding carboxylic acids is 1. The van der Waals surface area contributed by atoms with E-state index in [1.807, 2.05) is 18.2 Å². The van der Waals surface area contributed by atoms with Gasteiger partial charge in [0.05, 0.1) is 12.8 Å². The smallest absolute Gasteiger partial charge is 0.276 e. The number of fused-ring (bicyclic) bond motifs is 1. The quantitative estimate of drug-likeness (QED) is 0.682. The number of amides is 1. The zero-order valence-electron chi connectivity index (χ0n) is 12.7. The van der Waals surface area contributed by atoms with Crippen molar-refractivity contribution in [2.24, 2.45) is 0 Å². The highest BCUT2D eigenvalue weighted by atomic mass is 32.1. The number of furan rings is 1. The van der Waals surface area contributed by atoms with Crippen LogP contribution in [0.2, 0.25) is 0 Å². The molecule has 1 aromatic carbocycles. The van der Waals surface area contributed by atoms with E-state index in [4.69, 9.17) is 26.1 Å². The van der Waals surface area contributed by atoms with Crippen LogP contribution in [0, 0.1) is 0 Å².